The van der Waals surface area contributed by atoms with Gasteiger partial charge >= 0.3 is 0 Å². The van der Waals surface area contributed by atoms with Crippen molar-refractivity contribution in [2.75, 3.05) is 0 Å². The number of H-pyrrole nitrogens is 1. The molecule has 27 heavy (non-hydrogen) atoms. The van der Waals surface area contributed by atoms with Crippen LogP contribution in [-0.2, 0) is 22.6 Å². The van der Waals surface area contributed by atoms with E-state index in [2.05, 4.69) is 20.6 Å². The fourth-order valence-corrected chi connectivity index (χ4v) is 2.86. The summed E-state index contributed by atoms with van der Waals surface area (Å²) >= 11 is 0. The van der Waals surface area contributed by atoms with E-state index in [9.17, 15) is 9.59 Å². The van der Waals surface area contributed by atoms with Crippen molar-refractivity contribution in [2.24, 2.45) is 0 Å². The number of rotatable bonds is 7. The Labute approximate surface area is 158 Å². The fourth-order valence-electron chi connectivity index (χ4n) is 2.86. The second-order valence-electron chi connectivity index (χ2n) is 6.64. The highest BCUT2D eigenvalue weighted by Gasteiger charge is 2.20. The maximum absolute atomic E-state index is 12.7. The number of amides is 2. The van der Waals surface area contributed by atoms with Gasteiger partial charge in [0.2, 0.25) is 11.8 Å². The van der Waals surface area contributed by atoms with Crippen molar-refractivity contribution in [2.45, 2.75) is 39.3 Å². The third-order valence-electron chi connectivity index (χ3n) is 4.46. The molecule has 2 heterocycles. The zero-order valence-corrected chi connectivity index (χ0v) is 15.6. The van der Waals surface area contributed by atoms with Crippen molar-refractivity contribution in [3.63, 3.8) is 0 Å². The van der Waals surface area contributed by atoms with E-state index in [1.54, 1.807) is 13.1 Å². The number of carbonyl (C=O) groups excluding carboxylic acids is 2. The lowest BCUT2D eigenvalue weighted by Crippen LogP contribution is -2.47. The molecule has 2 amide bonds. The Morgan fingerprint density at radius 2 is 1.93 bits per heavy atom. The molecular formula is C21H24N4O2. The van der Waals surface area contributed by atoms with Gasteiger partial charge in [-0.3, -0.25) is 9.59 Å². The van der Waals surface area contributed by atoms with Crippen LogP contribution in [0.3, 0.4) is 0 Å². The van der Waals surface area contributed by atoms with Crippen LogP contribution in [0.1, 0.15) is 30.0 Å². The van der Waals surface area contributed by atoms with Crippen molar-refractivity contribution in [3.05, 3.63) is 65.5 Å². The van der Waals surface area contributed by atoms with Crippen LogP contribution in [0.5, 0.6) is 0 Å². The van der Waals surface area contributed by atoms with Crippen LogP contribution in [0.25, 0.3) is 11.0 Å². The van der Waals surface area contributed by atoms with Crippen LogP contribution in [0.4, 0.5) is 0 Å². The summed E-state index contributed by atoms with van der Waals surface area (Å²) in [5, 5.41) is 6.73. The Balaban J connectivity index is 1.67. The van der Waals surface area contributed by atoms with Gasteiger partial charge in [0.1, 0.15) is 11.7 Å². The summed E-state index contributed by atoms with van der Waals surface area (Å²) in [7, 11) is 0. The molecule has 0 aliphatic heterocycles. The molecular weight excluding hydrogens is 340 g/mol. The van der Waals surface area contributed by atoms with Gasteiger partial charge in [0.15, 0.2) is 0 Å². The summed E-state index contributed by atoms with van der Waals surface area (Å²) in [6, 6.07) is 11.3. The maximum Gasteiger partial charge on any atom is 0.243 e. The number of aromatic amines is 1. The van der Waals surface area contributed by atoms with Crippen LogP contribution in [0, 0.1) is 6.92 Å². The molecule has 2 aromatic heterocycles. The Morgan fingerprint density at radius 3 is 2.67 bits per heavy atom. The van der Waals surface area contributed by atoms with Crippen molar-refractivity contribution in [1.82, 2.24) is 20.6 Å². The second-order valence-corrected chi connectivity index (χ2v) is 6.64. The molecule has 0 radical (unpaired) electrons. The van der Waals surface area contributed by atoms with Gasteiger partial charge in [0, 0.05) is 37.2 Å². The molecule has 0 fully saturated rings. The Kier molecular flexibility index (Phi) is 5.86. The van der Waals surface area contributed by atoms with Crippen molar-refractivity contribution in [3.8, 4) is 0 Å². The number of hydrogen-bond acceptors (Lipinski definition) is 3. The summed E-state index contributed by atoms with van der Waals surface area (Å²) in [6.45, 7) is 4.15. The van der Waals surface area contributed by atoms with E-state index >= 15 is 0 Å². The minimum absolute atomic E-state index is 0.141. The molecule has 0 saturated carbocycles. The highest BCUT2D eigenvalue weighted by atomic mass is 16.2. The van der Waals surface area contributed by atoms with Gasteiger partial charge in [-0.25, -0.2) is 4.98 Å². The molecule has 0 bridgehead atoms. The fraction of sp³-hybridized carbons (Fsp3) is 0.286. The van der Waals surface area contributed by atoms with Crippen LogP contribution in [0.15, 0.2) is 48.8 Å². The third-order valence-corrected chi connectivity index (χ3v) is 4.46. The summed E-state index contributed by atoms with van der Waals surface area (Å²) in [4.78, 5) is 31.9. The number of aryl methyl sites for hydroxylation is 1. The van der Waals surface area contributed by atoms with Gasteiger partial charge in [-0.05, 0) is 30.2 Å². The maximum atomic E-state index is 12.7. The van der Waals surface area contributed by atoms with Gasteiger partial charge in [-0.2, -0.15) is 0 Å². The average Bonchev–Trinajstić information content (AvgIpc) is 3.15. The first kappa shape index (κ1) is 18.6. The molecule has 3 aromatic rings. The number of aromatic nitrogens is 2. The number of hydrogen-bond donors (Lipinski definition) is 3. The molecule has 1 atom stereocenters. The summed E-state index contributed by atoms with van der Waals surface area (Å²) < 4.78 is 0. The second kappa shape index (κ2) is 8.49. The van der Waals surface area contributed by atoms with Gasteiger partial charge < -0.3 is 15.6 Å². The van der Waals surface area contributed by atoms with E-state index in [0.717, 1.165) is 27.7 Å². The molecule has 0 saturated heterocycles. The van der Waals surface area contributed by atoms with E-state index in [0.29, 0.717) is 19.4 Å². The standard InChI is InChI=1S/C21H24N4O2/c1-3-19(26)25-18(11-15-6-4-14(2)5-7-15)21(27)24-13-16-10-17-8-9-22-20(17)23-12-16/h4-10,12,18H,3,11,13H2,1-2H3,(H,22,23)(H,24,27)(H,25,26)/t18-/m0/s1. The smallest absolute Gasteiger partial charge is 0.243 e. The molecule has 1 aromatic carbocycles. The van der Waals surface area contributed by atoms with Crippen LogP contribution in [0.2, 0.25) is 0 Å². The van der Waals surface area contributed by atoms with E-state index in [1.807, 2.05) is 49.5 Å². The molecule has 0 unspecified atom stereocenters. The molecule has 3 rings (SSSR count). The first-order chi connectivity index (χ1) is 13.0. The van der Waals surface area contributed by atoms with Crippen molar-refractivity contribution in [1.29, 1.82) is 0 Å². The molecule has 140 valence electrons. The van der Waals surface area contributed by atoms with Crippen molar-refractivity contribution >= 4 is 22.8 Å². The quantitative estimate of drug-likeness (QED) is 0.602. The molecule has 6 heteroatoms. The lowest BCUT2D eigenvalue weighted by atomic mass is 10.0. The minimum Gasteiger partial charge on any atom is -0.350 e. The zero-order valence-electron chi connectivity index (χ0n) is 15.6. The average molecular weight is 364 g/mol. The van der Waals surface area contributed by atoms with E-state index in [1.165, 1.54) is 0 Å². The zero-order chi connectivity index (χ0) is 19.2. The van der Waals surface area contributed by atoms with E-state index in [-0.39, 0.29) is 11.8 Å². The highest BCUT2D eigenvalue weighted by Crippen LogP contribution is 2.11. The lowest BCUT2D eigenvalue weighted by molar-refractivity contribution is -0.128. The Hall–Kier alpha value is -3.15. The number of benzene rings is 1. The minimum atomic E-state index is -0.607. The number of nitrogens with one attached hydrogen (secondary N) is 3. The summed E-state index contributed by atoms with van der Waals surface area (Å²) in [6.07, 6.45) is 4.36. The molecule has 0 aliphatic carbocycles. The number of carbonyl (C=O) groups is 2. The largest absolute Gasteiger partial charge is 0.350 e. The molecule has 0 spiro atoms. The molecule has 3 N–H and O–H groups in total. The highest BCUT2D eigenvalue weighted by molar-refractivity contribution is 5.87. The summed E-state index contributed by atoms with van der Waals surface area (Å²) in [5.41, 5.74) is 3.89. The van der Waals surface area contributed by atoms with Gasteiger partial charge in [-0.1, -0.05) is 36.8 Å². The number of pyridine rings is 1. The lowest BCUT2D eigenvalue weighted by Gasteiger charge is -2.18. The van der Waals surface area contributed by atoms with E-state index in [4.69, 9.17) is 0 Å². The monoisotopic (exact) mass is 364 g/mol. The Morgan fingerprint density at radius 1 is 1.15 bits per heavy atom. The third kappa shape index (κ3) is 4.94. The van der Waals surface area contributed by atoms with Gasteiger partial charge in [0.25, 0.3) is 0 Å². The first-order valence-electron chi connectivity index (χ1n) is 9.10. The molecule has 6 nitrogen and oxygen atoms in total. The van der Waals surface area contributed by atoms with Gasteiger partial charge in [0.05, 0.1) is 0 Å². The topological polar surface area (TPSA) is 86.9 Å². The molecule has 0 aliphatic rings. The normalized spacial score (nSPS) is 11.9. The van der Waals surface area contributed by atoms with Gasteiger partial charge in [-0.15, -0.1) is 0 Å². The number of fused-ring (bicyclic) bond motifs is 1. The van der Waals surface area contributed by atoms with Crippen LogP contribution >= 0.6 is 0 Å². The summed E-state index contributed by atoms with van der Waals surface area (Å²) in [5.74, 6) is -0.343. The van der Waals surface area contributed by atoms with Crippen molar-refractivity contribution < 1.29 is 9.59 Å². The van der Waals surface area contributed by atoms with Crippen LogP contribution < -0.4 is 10.6 Å². The Bertz CT molecular complexity index is 931. The predicted octanol–water partition coefficient (Wildman–Crippen LogP) is 2.63. The number of nitrogens with zero attached hydrogens (tertiary/aromatic N) is 1. The SMILES string of the molecule is CCC(=O)N[C@@H](Cc1ccc(C)cc1)C(=O)NCc1cnc2[nH]ccc2c1. The van der Waals surface area contributed by atoms with E-state index < -0.39 is 6.04 Å². The first-order valence-corrected chi connectivity index (χ1v) is 9.10. The van der Waals surface area contributed by atoms with Crippen LogP contribution in [-0.4, -0.2) is 27.8 Å². The predicted molar refractivity (Wildman–Crippen MR) is 105 cm³/mol.